The molecule has 1 N–H and O–H groups in total. The normalized spacial score (nSPS) is 11.4. The van der Waals surface area contributed by atoms with Crippen LogP contribution in [0.15, 0.2) is 16.8 Å². The van der Waals surface area contributed by atoms with Gasteiger partial charge in [-0.05, 0) is 61.2 Å². The summed E-state index contributed by atoms with van der Waals surface area (Å²) < 4.78 is 2.16. The lowest BCUT2D eigenvalue weighted by molar-refractivity contribution is 0.584. The van der Waals surface area contributed by atoms with E-state index in [1.165, 1.54) is 22.5 Å². The Morgan fingerprint density at radius 3 is 2.75 bits per heavy atom. The van der Waals surface area contributed by atoms with E-state index < -0.39 is 0 Å². The third kappa shape index (κ3) is 3.93. The quantitative estimate of drug-likeness (QED) is 0.848. The number of aromatic nitrogens is 2. The van der Waals surface area contributed by atoms with Gasteiger partial charge in [-0.3, -0.25) is 4.68 Å². The SMILES string of the molecule is Cc1nn(CCc2ccsc2)c(C)c1CCNC(C)C. The minimum atomic E-state index is 0.546. The molecule has 0 aromatic carbocycles. The fraction of sp³-hybridized carbons (Fsp3) is 0.562. The topological polar surface area (TPSA) is 29.9 Å². The molecular weight excluding hydrogens is 266 g/mol. The second-order valence-corrected chi connectivity index (χ2v) is 6.39. The van der Waals surface area contributed by atoms with Crippen LogP contribution in [0.25, 0.3) is 0 Å². The minimum absolute atomic E-state index is 0.546. The third-order valence-corrected chi connectivity index (χ3v) is 4.38. The summed E-state index contributed by atoms with van der Waals surface area (Å²) >= 11 is 1.76. The maximum absolute atomic E-state index is 4.70. The summed E-state index contributed by atoms with van der Waals surface area (Å²) in [6.45, 7) is 10.7. The number of thiophene rings is 1. The number of hydrogen-bond donors (Lipinski definition) is 1. The van der Waals surface area contributed by atoms with Crippen molar-refractivity contribution >= 4 is 11.3 Å². The first-order chi connectivity index (χ1) is 9.58. The van der Waals surface area contributed by atoms with Crippen LogP contribution in [0, 0.1) is 13.8 Å². The van der Waals surface area contributed by atoms with Crippen molar-refractivity contribution in [3.63, 3.8) is 0 Å². The zero-order valence-electron chi connectivity index (χ0n) is 12.9. The van der Waals surface area contributed by atoms with Gasteiger partial charge in [0.15, 0.2) is 0 Å². The second-order valence-electron chi connectivity index (χ2n) is 5.61. The van der Waals surface area contributed by atoms with Crippen LogP contribution in [0.3, 0.4) is 0 Å². The van der Waals surface area contributed by atoms with Crippen molar-refractivity contribution < 1.29 is 0 Å². The molecule has 2 rings (SSSR count). The van der Waals surface area contributed by atoms with Gasteiger partial charge in [0, 0.05) is 18.3 Å². The molecule has 0 saturated heterocycles. The molecule has 0 unspecified atom stereocenters. The van der Waals surface area contributed by atoms with Crippen molar-refractivity contribution in [1.82, 2.24) is 15.1 Å². The van der Waals surface area contributed by atoms with Gasteiger partial charge in [-0.15, -0.1) is 0 Å². The van der Waals surface area contributed by atoms with Gasteiger partial charge in [0.1, 0.15) is 0 Å². The predicted octanol–water partition coefficient (Wildman–Crippen LogP) is 3.34. The van der Waals surface area contributed by atoms with E-state index in [2.05, 4.69) is 54.5 Å². The Hall–Kier alpha value is -1.13. The van der Waals surface area contributed by atoms with E-state index in [0.29, 0.717) is 6.04 Å². The molecule has 0 saturated carbocycles. The molecule has 0 atom stereocenters. The molecule has 2 aromatic heterocycles. The highest BCUT2D eigenvalue weighted by molar-refractivity contribution is 7.07. The van der Waals surface area contributed by atoms with Gasteiger partial charge in [0.25, 0.3) is 0 Å². The monoisotopic (exact) mass is 291 g/mol. The Morgan fingerprint density at radius 2 is 2.10 bits per heavy atom. The van der Waals surface area contributed by atoms with E-state index in [4.69, 9.17) is 5.10 Å². The van der Waals surface area contributed by atoms with Crippen molar-refractivity contribution in [2.24, 2.45) is 0 Å². The standard InChI is InChI=1S/C16H25N3S/c1-12(2)17-8-5-16-13(3)18-19(14(16)4)9-6-15-7-10-20-11-15/h7,10-12,17H,5-6,8-9H2,1-4H3. The van der Waals surface area contributed by atoms with Crippen LogP contribution in [0.4, 0.5) is 0 Å². The van der Waals surface area contributed by atoms with E-state index in [1.807, 2.05) is 0 Å². The van der Waals surface area contributed by atoms with Gasteiger partial charge in [-0.25, -0.2) is 0 Å². The fourth-order valence-corrected chi connectivity index (χ4v) is 3.17. The Morgan fingerprint density at radius 1 is 1.30 bits per heavy atom. The summed E-state index contributed by atoms with van der Waals surface area (Å²) in [6, 6.07) is 2.74. The van der Waals surface area contributed by atoms with Crippen molar-refractivity contribution in [3.05, 3.63) is 39.3 Å². The lowest BCUT2D eigenvalue weighted by atomic mass is 10.1. The summed E-state index contributed by atoms with van der Waals surface area (Å²) in [5.41, 5.74) is 5.32. The maximum atomic E-state index is 4.70. The fourth-order valence-electron chi connectivity index (χ4n) is 2.47. The lowest BCUT2D eigenvalue weighted by Gasteiger charge is -2.08. The molecule has 2 heterocycles. The summed E-state index contributed by atoms with van der Waals surface area (Å²) in [5, 5.41) is 12.5. The summed E-state index contributed by atoms with van der Waals surface area (Å²) in [5.74, 6) is 0. The van der Waals surface area contributed by atoms with Crippen LogP contribution in [-0.2, 0) is 19.4 Å². The van der Waals surface area contributed by atoms with E-state index in [1.54, 1.807) is 11.3 Å². The van der Waals surface area contributed by atoms with Crippen LogP contribution in [-0.4, -0.2) is 22.4 Å². The van der Waals surface area contributed by atoms with Gasteiger partial charge in [0.05, 0.1) is 5.69 Å². The Balaban J connectivity index is 1.97. The predicted molar refractivity (Wildman–Crippen MR) is 86.6 cm³/mol. The molecule has 0 amide bonds. The van der Waals surface area contributed by atoms with Crippen molar-refractivity contribution in [2.75, 3.05) is 6.54 Å². The van der Waals surface area contributed by atoms with Gasteiger partial charge in [-0.2, -0.15) is 16.4 Å². The van der Waals surface area contributed by atoms with Gasteiger partial charge in [-0.1, -0.05) is 13.8 Å². The van der Waals surface area contributed by atoms with Crippen LogP contribution in [0.5, 0.6) is 0 Å². The van der Waals surface area contributed by atoms with Crippen LogP contribution < -0.4 is 5.32 Å². The second kappa shape index (κ2) is 7.04. The average molecular weight is 291 g/mol. The van der Waals surface area contributed by atoms with Gasteiger partial charge >= 0.3 is 0 Å². The molecule has 0 fully saturated rings. The van der Waals surface area contributed by atoms with E-state index in [9.17, 15) is 0 Å². The molecule has 20 heavy (non-hydrogen) atoms. The van der Waals surface area contributed by atoms with Gasteiger partial charge < -0.3 is 5.32 Å². The van der Waals surface area contributed by atoms with Gasteiger partial charge in [0.2, 0.25) is 0 Å². The number of nitrogens with one attached hydrogen (secondary N) is 1. The Kier molecular flexibility index (Phi) is 5.38. The molecule has 0 aliphatic rings. The van der Waals surface area contributed by atoms with Crippen molar-refractivity contribution in [3.8, 4) is 0 Å². The van der Waals surface area contributed by atoms with E-state index >= 15 is 0 Å². The first kappa shape index (κ1) is 15.3. The third-order valence-electron chi connectivity index (χ3n) is 3.65. The molecular formula is C16H25N3S. The summed E-state index contributed by atoms with van der Waals surface area (Å²) in [7, 11) is 0. The first-order valence-electron chi connectivity index (χ1n) is 7.35. The average Bonchev–Trinajstić information content (AvgIpc) is 2.99. The van der Waals surface area contributed by atoms with Crippen LogP contribution >= 0.6 is 11.3 Å². The Bertz CT molecular complexity index is 526. The van der Waals surface area contributed by atoms with Crippen LogP contribution in [0.2, 0.25) is 0 Å². The highest BCUT2D eigenvalue weighted by Gasteiger charge is 2.11. The molecule has 3 nitrogen and oxygen atoms in total. The molecule has 0 bridgehead atoms. The molecule has 0 aliphatic carbocycles. The summed E-state index contributed by atoms with van der Waals surface area (Å²) in [6.07, 6.45) is 2.13. The molecule has 4 heteroatoms. The molecule has 0 spiro atoms. The highest BCUT2D eigenvalue weighted by Crippen LogP contribution is 2.15. The van der Waals surface area contributed by atoms with E-state index in [-0.39, 0.29) is 0 Å². The smallest absolute Gasteiger partial charge is 0.0628 e. The molecule has 2 aromatic rings. The molecule has 0 radical (unpaired) electrons. The van der Waals surface area contributed by atoms with Crippen molar-refractivity contribution in [2.45, 2.75) is 53.1 Å². The van der Waals surface area contributed by atoms with Crippen molar-refractivity contribution in [1.29, 1.82) is 0 Å². The number of rotatable bonds is 7. The first-order valence-corrected chi connectivity index (χ1v) is 8.29. The highest BCUT2D eigenvalue weighted by atomic mass is 32.1. The maximum Gasteiger partial charge on any atom is 0.0628 e. The van der Waals surface area contributed by atoms with Crippen LogP contribution in [0.1, 0.15) is 36.4 Å². The molecule has 110 valence electrons. The zero-order valence-corrected chi connectivity index (χ0v) is 13.8. The number of nitrogens with zero attached hydrogens (tertiary/aromatic N) is 2. The largest absolute Gasteiger partial charge is 0.314 e. The lowest BCUT2D eigenvalue weighted by Crippen LogP contribution is -2.25. The Labute approximate surface area is 126 Å². The minimum Gasteiger partial charge on any atom is -0.314 e. The molecule has 0 aliphatic heterocycles. The number of hydrogen-bond acceptors (Lipinski definition) is 3. The summed E-state index contributed by atoms with van der Waals surface area (Å²) in [4.78, 5) is 0. The van der Waals surface area contributed by atoms with E-state index in [0.717, 1.165) is 25.9 Å². The zero-order chi connectivity index (χ0) is 14.5. The number of aryl methyl sites for hydroxylation is 3.